The van der Waals surface area contributed by atoms with Crippen LogP contribution in [-0.4, -0.2) is 38.7 Å². The molecular weight excluding hydrogens is 395 g/mol. The summed E-state index contributed by atoms with van der Waals surface area (Å²) in [5.74, 6) is 1.47. The number of hydrogen-bond donors (Lipinski definition) is 1. The quantitative estimate of drug-likeness (QED) is 0.658. The van der Waals surface area contributed by atoms with Crippen LogP contribution in [0.5, 0.6) is 0 Å². The average molecular weight is 423 g/mol. The number of benzene rings is 1. The number of anilines is 2. The summed E-state index contributed by atoms with van der Waals surface area (Å²) in [6.07, 6.45) is 5.37. The molecule has 0 radical (unpaired) electrons. The maximum absolute atomic E-state index is 13.1. The molecular formula is C23H27FN6O. The Morgan fingerprint density at radius 2 is 1.94 bits per heavy atom. The van der Waals surface area contributed by atoms with Crippen molar-refractivity contribution in [1.29, 1.82) is 0 Å². The summed E-state index contributed by atoms with van der Waals surface area (Å²) in [5, 5.41) is 7.38. The zero-order chi connectivity index (χ0) is 22.1. The van der Waals surface area contributed by atoms with E-state index >= 15 is 0 Å². The molecule has 1 aliphatic heterocycles. The molecule has 7 nitrogen and oxygen atoms in total. The van der Waals surface area contributed by atoms with E-state index in [0.717, 1.165) is 41.4 Å². The van der Waals surface area contributed by atoms with Crippen LogP contribution in [-0.2, 0) is 24.2 Å². The van der Waals surface area contributed by atoms with E-state index in [2.05, 4.69) is 22.3 Å². The monoisotopic (exact) mass is 422 g/mol. The Morgan fingerprint density at radius 3 is 2.68 bits per heavy atom. The third kappa shape index (κ3) is 4.42. The average Bonchev–Trinajstić information content (AvgIpc) is 3.19. The van der Waals surface area contributed by atoms with Crippen molar-refractivity contribution in [3.05, 3.63) is 65.1 Å². The van der Waals surface area contributed by atoms with Crippen molar-refractivity contribution in [2.24, 2.45) is 0 Å². The lowest BCUT2D eigenvalue weighted by molar-refractivity contribution is -0.117. The van der Waals surface area contributed by atoms with Crippen LogP contribution >= 0.6 is 0 Å². The Kier molecular flexibility index (Phi) is 5.71. The van der Waals surface area contributed by atoms with Crippen LogP contribution in [0.3, 0.4) is 0 Å². The molecule has 0 aliphatic carbocycles. The smallest absolute Gasteiger partial charge is 0.246 e. The van der Waals surface area contributed by atoms with Crippen LogP contribution in [0.25, 0.3) is 0 Å². The Labute approximate surface area is 181 Å². The molecule has 0 saturated carbocycles. The van der Waals surface area contributed by atoms with Crippen LogP contribution in [0.4, 0.5) is 15.9 Å². The molecule has 8 heteroatoms. The summed E-state index contributed by atoms with van der Waals surface area (Å²) in [6.45, 7) is 6.58. The van der Waals surface area contributed by atoms with Gasteiger partial charge in [-0.3, -0.25) is 9.48 Å². The van der Waals surface area contributed by atoms with E-state index in [1.165, 1.54) is 12.1 Å². The lowest BCUT2D eigenvalue weighted by Crippen LogP contribution is -2.45. The third-order valence-corrected chi connectivity index (χ3v) is 5.88. The zero-order valence-corrected chi connectivity index (χ0v) is 18.3. The molecule has 31 heavy (non-hydrogen) atoms. The molecule has 2 aromatic heterocycles. The van der Waals surface area contributed by atoms with Crippen molar-refractivity contribution in [2.45, 2.75) is 52.1 Å². The second-order valence-corrected chi connectivity index (χ2v) is 8.22. The Morgan fingerprint density at radius 1 is 1.19 bits per heavy atom. The van der Waals surface area contributed by atoms with Crippen molar-refractivity contribution in [2.75, 3.05) is 17.3 Å². The molecule has 1 amide bonds. The second-order valence-electron chi connectivity index (χ2n) is 8.22. The minimum Gasteiger partial charge on any atom is -0.346 e. The maximum Gasteiger partial charge on any atom is 0.246 e. The van der Waals surface area contributed by atoms with Gasteiger partial charge in [-0.05, 0) is 43.5 Å². The minimum atomic E-state index is -0.268. The molecule has 1 aromatic carbocycles. The molecule has 1 aliphatic rings. The molecule has 0 saturated heterocycles. The van der Waals surface area contributed by atoms with Gasteiger partial charge in [0.1, 0.15) is 23.4 Å². The summed E-state index contributed by atoms with van der Waals surface area (Å²) in [6, 6.07) is 6.35. The zero-order valence-electron chi connectivity index (χ0n) is 18.3. The van der Waals surface area contributed by atoms with Crippen LogP contribution < -0.4 is 10.2 Å². The standard InChI is InChI=1S/C23H27FN6O/c1-14(18-6-8-19(24)9-7-18)12-30-13-17(11-25-30)5-10-20-26-15(2)21-22(27-20)29(4)16(3)23(31)28-21/h6-9,11,13-14,16H,5,10,12H2,1-4H3,(H,28,31)/t14?,16-/m0/s1. The predicted molar refractivity (Wildman–Crippen MR) is 118 cm³/mol. The van der Waals surface area contributed by atoms with E-state index in [1.54, 1.807) is 0 Å². The van der Waals surface area contributed by atoms with Gasteiger partial charge >= 0.3 is 0 Å². The fourth-order valence-electron chi connectivity index (χ4n) is 3.78. The Hall–Kier alpha value is -3.29. The van der Waals surface area contributed by atoms with Crippen LogP contribution in [0.15, 0.2) is 36.7 Å². The van der Waals surface area contributed by atoms with Crippen molar-refractivity contribution in [1.82, 2.24) is 19.7 Å². The van der Waals surface area contributed by atoms with Crippen molar-refractivity contribution in [3.8, 4) is 0 Å². The number of nitrogens with one attached hydrogen (secondary N) is 1. The number of carbonyl (C=O) groups is 1. The first-order chi connectivity index (χ1) is 14.8. The van der Waals surface area contributed by atoms with E-state index in [0.29, 0.717) is 12.1 Å². The fourth-order valence-corrected chi connectivity index (χ4v) is 3.78. The lowest BCUT2D eigenvalue weighted by Gasteiger charge is -2.32. The maximum atomic E-state index is 13.1. The summed E-state index contributed by atoms with van der Waals surface area (Å²) < 4.78 is 15.1. The third-order valence-electron chi connectivity index (χ3n) is 5.88. The number of aryl methyl sites for hydroxylation is 3. The first kappa shape index (κ1) is 21.0. The highest BCUT2D eigenvalue weighted by Gasteiger charge is 2.30. The molecule has 0 spiro atoms. The van der Waals surface area contributed by atoms with Crippen LogP contribution in [0.2, 0.25) is 0 Å². The van der Waals surface area contributed by atoms with Gasteiger partial charge in [-0.25, -0.2) is 14.4 Å². The van der Waals surface area contributed by atoms with Crippen LogP contribution in [0.1, 0.15) is 42.4 Å². The van der Waals surface area contributed by atoms with Gasteiger partial charge in [-0.2, -0.15) is 5.10 Å². The highest BCUT2D eigenvalue weighted by atomic mass is 19.1. The summed E-state index contributed by atoms with van der Waals surface area (Å²) in [7, 11) is 1.88. The van der Waals surface area contributed by atoms with Gasteiger partial charge in [0.15, 0.2) is 5.82 Å². The fraction of sp³-hybridized carbons (Fsp3) is 0.391. The van der Waals surface area contributed by atoms with Crippen molar-refractivity contribution < 1.29 is 9.18 Å². The van der Waals surface area contributed by atoms with Gasteiger partial charge in [-0.1, -0.05) is 19.1 Å². The summed E-state index contributed by atoms with van der Waals surface area (Å²) in [5.41, 5.74) is 3.66. The molecule has 2 atom stereocenters. The number of aromatic nitrogens is 4. The largest absolute Gasteiger partial charge is 0.346 e. The number of fused-ring (bicyclic) bond motifs is 1. The molecule has 4 rings (SSSR count). The molecule has 162 valence electrons. The highest BCUT2D eigenvalue weighted by molar-refractivity contribution is 6.02. The van der Waals surface area contributed by atoms with Gasteiger partial charge in [0.05, 0.1) is 11.9 Å². The van der Waals surface area contributed by atoms with E-state index < -0.39 is 0 Å². The number of likely N-dealkylation sites (N-methyl/N-ethyl adjacent to an activating group) is 1. The molecule has 1 unspecified atom stereocenters. The van der Waals surface area contributed by atoms with Gasteiger partial charge in [0.25, 0.3) is 0 Å². The van der Waals surface area contributed by atoms with Crippen molar-refractivity contribution in [3.63, 3.8) is 0 Å². The van der Waals surface area contributed by atoms with Crippen molar-refractivity contribution >= 4 is 17.4 Å². The van der Waals surface area contributed by atoms with E-state index in [4.69, 9.17) is 4.98 Å². The van der Waals surface area contributed by atoms with E-state index in [1.807, 2.05) is 55.0 Å². The van der Waals surface area contributed by atoms with Gasteiger partial charge in [-0.15, -0.1) is 0 Å². The summed E-state index contributed by atoms with van der Waals surface area (Å²) in [4.78, 5) is 23.2. The number of hydrogen-bond acceptors (Lipinski definition) is 5. The second kappa shape index (κ2) is 8.45. The van der Waals surface area contributed by atoms with E-state index in [9.17, 15) is 9.18 Å². The number of carbonyl (C=O) groups excluding carboxylic acids is 1. The number of halogens is 1. The Bertz CT molecular complexity index is 1090. The molecule has 3 aromatic rings. The number of nitrogens with zero attached hydrogens (tertiary/aromatic N) is 5. The molecule has 1 N–H and O–H groups in total. The first-order valence-corrected chi connectivity index (χ1v) is 10.5. The summed E-state index contributed by atoms with van der Waals surface area (Å²) >= 11 is 0. The van der Waals surface area contributed by atoms with Gasteiger partial charge < -0.3 is 10.2 Å². The lowest BCUT2D eigenvalue weighted by atomic mass is 10.0. The minimum absolute atomic E-state index is 0.0447. The molecule has 3 heterocycles. The topological polar surface area (TPSA) is 75.9 Å². The van der Waals surface area contributed by atoms with E-state index in [-0.39, 0.29) is 23.7 Å². The SMILES string of the molecule is Cc1nc(CCc2cnn(CC(C)c3ccc(F)cc3)c2)nc2c1NC(=O)[C@H](C)N2C. The molecule has 0 bridgehead atoms. The van der Waals surface area contributed by atoms with Gasteiger partial charge in [0.2, 0.25) is 5.91 Å². The normalized spacial score (nSPS) is 16.7. The van der Waals surface area contributed by atoms with Crippen LogP contribution in [0, 0.1) is 12.7 Å². The number of amides is 1. The molecule has 0 fully saturated rings. The van der Waals surface area contributed by atoms with Gasteiger partial charge in [0, 0.05) is 32.1 Å². The highest BCUT2D eigenvalue weighted by Crippen LogP contribution is 2.31. The Balaban J connectivity index is 1.41. The predicted octanol–water partition coefficient (Wildman–Crippen LogP) is 3.49. The first-order valence-electron chi connectivity index (χ1n) is 10.5. The number of rotatable bonds is 6.